The summed E-state index contributed by atoms with van der Waals surface area (Å²) in [5.74, 6) is 0.500. The number of nitrogens with one attached hydrogen (secondary N) is 1. The third-order valence-corrected chi connectivity index (χ3v) is 4.51. The number of thiophene rings is 1. The molecule has 0 aliphatic rings. The zero-order valence-corrected chi connectivity index (χ0v) is 14.2. The number of nitrogens with zero attached hydrogens (tertiary/aromatic N) is 2. The Kier molecular flexibility index (Phi) is 5.08. The zero-order valence-electron chi connectivity index (χ0n) is 13.4. The van der Waals surface area contributed by atoms with Crippen molar-refractivity contribution in [3.05, 3.63) is 59.0 Å². The summed E-state index contributed by atoms with van der Waals surface area (Å²) in [6.45, 7) is 2.32. The first-order valence-electron chi connectivity index (χ1n) is 7.73. The van der Waals surface area contributed by atoms with E-state index in [0.717, 1.165) is 16.1 Å². The third-order valence-electron chi connectivity index (χ3n) is 3.62. The lowest BCUT2D eigenvalue weighted by atomic mass is 10.1. The highest BCUT2D eigenvalue weighted by Gasteiger charge is 2.13. The van der Waals surface area contributed by atoms with E-state index in [9.17, 15) is 9.90 Å². The summed E-state index contributed by atoms with van der Waals surface area (Å²) in [4.78, 5) is 13.3. The Morgan fingerprint density at radius 3 is 2.75 bits per heavy atom. The second-order valence-electron chi connectivity index (χ2n) is 5.55. The molecule has 1 amide bonds. The number of aliphatic hydroxyl groups is 1. The van der Waals surface area contributed by atoms with Gasteiger partial charge in [0.2, 0.25) is 5.91 Å². The Balaban J connectivity index is 1.75. The molecule has 0 spiro atoms. The van der Waals surface area contributed by atoms with E-state index in [1.807, 2.05) is 54.8 Å². The minimum atomic E-state index is -0.101. The van der Waals surface area contributed by atoms with E-state index in [4.69, 9.17) is 0 Å². The SMILES string of the molecule is Cc1ccc(CC(=O)Nc2cc(-c3cccs3)nn2CCO)cc1. The van der Waals surface area contributed by atoms with Crippen molar-refractivity contribution in [2.24, 2.45) is 0 Å². The molecule has 24 heavy (non-hydrogen) atoms. The van der Waals surface area contributed by atoms with Crippen LogP contribution in [-0.2, 0) is 17.8 Å². The number of carbonyl (C=O) groups is 1. The highest BCUT2D eigenvalue weighted by atomic mass is 32.1. The Morgan fingerprint density at radius 2 is 2.08 bits per heavy atom. The lowest BCUT2D eigenvalue weighted by Gasteiger charge is -2.07. The zero-order chi connectivity index (χ0) is 16.9. The first-order chi connectivity index (χ1) is 11.7. The molecule has 0 fully saturated rings. The van der Waals surface area contributed by atoms with Crippen LogP contribution in [0.15, 0.2) is 47.8 Å². The van der Waals surface area contributed by atoms with Gasteiger partial charge in [-0.3, -0.25) is 4.79 Å². The van der Waals surface area contributed by atoms with Gasteiger partial charge in [-0.1, -0.05) is 35.9 Å². The Labute approximate surface area is 144 Å². The molecule has 1 aromatic carbocycles. The van der Waals surface area contributed by atoms with Crippen molar-refractivity contribution >= 4 is 23.1 Å². The average Bonchev–Trinajstić information content (AvgIpc) is 3.20. The fraction of sp³-hybridized carbons (Fsp3) is 0.222. The van der Waals surface area contributed by atoms with Crippen LogP contribution in [0, 0.1) is 6.92 Å². The van der Waals surface area contributed by atoms with Crippen LogP contribution in [0.3, 0.4) is 0 Å². The average molecular weight is 341 g/mol. The largest absolute Gasteiger partial charge is 0.394 e. The van der Waals surface area contributed by atoms with Crippen molar-refractivity contribution in [1.82, 2.24) is 9.78 Å². The van der Waals surface area contributed by atoms with Gasteiger partial charge >= 0.3 is 0 Å². The van der Waals surface area contributed by atoms with Gasteiger partial charge in [-0.15, -0.1) is 11.3 Å². The predicted octanol–water partition coefficient (Wildman–Crippen LogP) is 3.09. The van der Waals surface area contributed by atoms with Crippen molar-refractivity contribution in [3.63, 3.8) is 0 Å². The van der Waals surface area contributed by atoms with E-state index < -0.39 is 0 Å². The number of aryl methyl sites for hydroxylation is 1. The van der Waals surface area contributed by atoms with Gasteiger partial charge in [0.1, 0.15) is 11.5 Å². The van der Waals surface area contributed by atoms with E-state index in [1.165, 1.54) is 5.56 Å². The predicted molar refractivity (Wildman–Crippen MR) is 96.1 cm³/mol. The smallest absolute Gasteiger partial charge is 0.229 e. The molecular weight excluding hydrogens is 322 g/mol. The van der Waals surface area contributed by atoms with Gasteiger partial charge in [-0.25, -0.2) is 4.68 Å². The van der Waals surface area contributed by atoms with E-state index in [1.54, 1.807) is 16.0 Å². The van der Waals surface area contributed by atoms with Gasteiger partial charge in [0.15, 0.2) is 0 Å². The van der Waals surface area contributed by atoms with Crippen LogP contribution in [0.2, 0.25) is 0 Å². The molecule has 6 heteroatoms. The molecule has 0 saturated heterocycles. The summed E-state index contributed by atoms with van der Waals surface area (Å²) in [7, 11) is 0. The maximum Gasteiger partial charge on any atom is 0.229 e. The summed E-state index contributed by atoms with van der Waals surface area (Å²) < 4.78 is 1.63. The van der Waals surface area contributed by atoms with Gasteiger partial charge in [0.05, 0.1) is 24.4 Å². The number of aromatic nitrogens is 2. The minimum absolute atomic E-state index is 0.0353. The van der Waals surface area contributed by atoms with Crippen LogP contribution in [0.4, 0.5) is 5.82 Å². The fourth-order valence-electron chi connectivity index (χ4n) is 2.41. The quantitative estimate of drug-likeness (QED) is 0.724. The summed E-state index contributed by atoms with van der Waals surface area (Å²) >= 11 is 1.59. The molecule has 0 aliphatic carbocycles. The van der Waals surface area contributed by atoms with Gasteiger partial charge in [-0.2, -0.15) is 5.10 Å². The number of anilines is 1. The lowest BCUT2D eigenvalue weighted by Crippen LogP contribution is -2.18. The standard InChI is InChI=1S/C18H19N3O2S/c1-13-4-6-14(7-5-13)11-18(23)19-17-12-15(16-3-2-10-24-16)20-21(17)8-9-22/h2-7,10,12,22H,8-9,11H2,1H3,(H,19,23). The number of rotatable bonds is 6. The van der Waals surface area contributed by atoms with Crippen molar-refractivity contribution in [3.8, 4) is 10.6 Å². The number of benzene rings is 1. The summed E-state index contributed by atoms with van der Waals surface area (Å²) in [6.07, 6.45) is 0.304. The summed E-state index contributed by atoms with van der Waals surface area (Å²) in [5, 5.41) is 18.6. The number of carbonyl (C=O) groups excluding carboxylic acids is 1. The van der Waals surface area contributed by atoms with Crippen LogP contribution in [-0.4, -0.2) is 27.4 Å². The van der Waals surface area contributed by atoms with Crippen LogP contribution < -0.4 is 5.32 Å². The molecule has 2 aromatic heterocycles. The molecule has 0 bridgehead atoms. The fourth-order valence-corrected chi connectivity index (χ4v) is 3.09. The monoisotopic (exact) mass is 341 g/mol. The number of hydrogen-bond acceptors (Lipinski definition) is 4. The first-order valence-corrected chi connectivity index (χ1v) is 8.61. The van der Waals surface area contributed by atoms with Crippen LogP contribution >= 0.6 is 11.3 Å². The van der Waals surface area contributed by atoms with E-state index >= 15 is 0 Å². The molecule has 2 heterocycles. The third kappa shape index (κ3) is 3.90. The molecule has 2 N–H and O–H groups in total. The molecule has 0 unspecified atom stereocenters. The molecule has 0 saturated carbocycles. The Morgan fingerprint density at radius 1 is 1.29 bits per heavy atom. The first kappa shape index (κ1) is 16.4. The van der Waals surface area contributed by atoms with E-state index in [0.29, 0.717) is 18.8 Å². The lowest BCUT2D eigenvalue weighted by molar-refractivity contribution is -0.115. The van der Waals surface area contributed by atoms with Crippen molar-refractivity contribution in [2.45, 2.75) is 19.9 Å². The second-order valence-corrected chi connectivity index (χ2v) is 6.50. The topological polar surface area (TPSA) is 67.2 Å². The second kappa shape index (κ2) is 7.42. The molecule has 0 atom stereocenters. The molecule has 5 nitrogen and oxygen atoms in total. The molecule has 3 aromatic rings. The van der Waals surface area contributed by atoms with Gasteiger partial charge in [-0.05, 0) is 23.9 Å². The van der Waals surface area contributed by atoms with Crippen molar-refractivity contribution in [1.29, 1.82) is 0 Å². The highest BCUT2D eigenvalue weighted by molar-refractivity contribution is 7.13. The molecule has 0 aliphatic heterocycles. The summed E-state index contributed by atoms with van der Waals surface area (Å²) in [5.41, 5.74) is 2.93. The van der Waals surface area contributed by atoms with Crippen molar-refractivity contribution < 1.29 is 9.90 Å². The molecule has 0 radical (unpaired) electrons. The number of amides is 1. The van der Waals surface area contributed by atoms with Gasteiger partial charge in [0, 0.05) is 6.07 Å². The Hall–Kier alpha value is -2.44. The van der Waals surface area contributed by atoms with Gasteiger partial charge in [0.25, 0.3) is 0 Å². The van der Waals surface area contributed by atoms with E-state index in [2.05, 4.69) is 10.4 Å². The number of aliphatic hydroxyl groups excluding tert-OH is 1. The highest BCUT2D eigenvalue weighted by Crippen LogP contribution is 2.26. The molecule has 3 rings (SSSR count). The van der Waals surface area contributed by atoms with Crippen LogP contribution in [0.5, 0.6) is 0 Å². The van der Waals surface area contributed by atoms with Crippen LogP contribution in [0.1, 0.15) is 11.1 Å². The maximum atomic E-state index is 12.3. The normalized spacial score (nSPS) is 10.8. The summed E-state index contributed by atoms with van der Waals surface area (Å²) in [6, 6.07) is 13.7. The molecular formula is C18H19N3O2S. The van der Waals surface area contributed by atoms with Crippen LogP contribution in [0.25, 0.3) is 10.6 Å². The van der Waals surface area contributed by atoms with Gasteiger partial charge < -0.3 is 10.4 Å². The van der Waals surface area contributed by atoms with E-state index in [-0.39, 0.29) is 12.5 Å². The molecule has 124 valence electrons. The number of hydrogen-bond donors (Lipinski definition) is 2. The minimum Gasteiger partial charge on any atom is -0.394 e. The maximum absolute atomic E-state index is 12.3. The van der Waals surface area contributed by atoms with Crippen molar-refractivity contribution in [2.75, 3.05) is 11.9 Å². The Bertz CT molecular complexity index is 807.